The molecule has 1 fully saturated rings. The van der Waals surface area contributed by atoms with E-state index in [4.69, 9.17) is 14.2 Å². The Labute approximate surface area is 207 Å². The molecule has 0 atom stereocenters. The van der Waals surface area contributed by atoms with Gasteiger partial charge in [0.25, 0.3) is 5.91 Å². The minimum Gasteiger partial charge on any atom is -0.497 e. The van der Waals surface area contributed by atoms with Crippen molar-refractivity contribution in [3.63, 3.8) is 0 Å². The van der Waals surface area contributed by atoms with Gasteiger partial charge in [-0.25, -0.2) is 4.79 Å². The molecule has 1 spiro atoms. The fraction of sp³-hybridized carbons (Fsp3) is 0.560. The third-order valence-corrected chi connectivity index (χ3v) is 6.86. The van der Waals surface area contributed by atoms with Gasteiger partial charge in [-0.05, 0) is 49.3 Å². The minimum atomic E-state index is -4.62. The lowest BCUT2D eigenvalue weighted by Gasteiger charge is -2.36. The highest BCUT2D eigenvalue weighted by Crippen LogP contribution is 2.37. The molecule has 4 rings (SSSR count). The predicted octanol–water partition coefficient (Wildman–Crippen LogP) is 3.80. The topological polar surface area (TPSA) is 91.7 Å². The van der Waals surface area contributed by atoms with Crippen molar-refractivity contribution in [3.05, 3.63) is 46.3 Å². The van der Waals surface area contributed by atoms with E-state index in [1.54, 1.807) is 0 Å². The highest BCUT2D eigenvalue weighted by Gasteiger charge is 2.39. The second-order valence-corrected chi connectivity index (χ2v) is 9.25. The van der Waals surface area contributed by atoms with E-state index in [0.717, 1.165) is 36.4 Å². The summed E-state index contributed by atoms with van der Waals surface area (Å²) in [6.45, 7) is 4.22. The van der Waals surface area contributed by atoms with E-state index in [2.05, 4.69) is 10.4 Å². The molecule has 0 saturated carbocycles. The number of benzene rings is 1. The zero-order chi connectivity index (χ0) is 25.9. The van der Waals surface area contributed by atoms with E-state index in [0.29, 0.717) is 51.1 Å². The summed E-state index contributed by atoms with van der Waals surface area (Å²) in [4.78, 5) is 25.3. The van der Waals surface area contributed by atoms with Crippen LogP contribution in [0.5, 0.6) is 5.75 Å². The van der Waals surface area contributed by atoms with Crippen molar-refractivity contribution in [2.24, 2.45) is 5.41 Å². The predicted molar refractivity (Wildman–Crippen MR) is 123 cm³/mol. The molecule has 2 aromatic rings. The Balaban J connectivity index is 1.45. The first kappa shape index (κ1) is 26.0. The van der Waals surface area contributed by atoms with Gasteiger partial charge in [-0.15, -0.1) is 0 Å². The van der Waals surface area contributed by atoms with Gasteiger partial charge in [-0.1, -0.05) is 6.92 Å². The van der Waals surface area contributed by atoms with Gasteiger partial charge in [-0.2, -0.15) is 18.3 Å². The quantitative estimate of drug-likeness (QED) is 0.451. The molecule has 0 bridgehead atoms. The lowest BCUT2D eigenvalue weighted by atomic mass is 9.76. The average molecular weight is 510 g/mol. The summed E-state index contributed by atoms with van der Waals surface area (Å²) in [5.41, 5.74) is 0.907. The number of hydrogen-bond acceptors (Lipinski definition) is 6. The van der Waals surface area contributed by atoms with Crippen LogP contribution < -0.4 is 10.1 Å². The average Bonchev–Trinajstić information content (AvgIpc) is 3.14. The summed E-state index contributed by atoms with van der Waals surface area (Å²) in [6, 6.07) is 2.79. The number of hydrogen-bond donors (Lipinski definition) is 1. The van der Waals surface area contributed by atoms with E-state index in [1.165, 1.54) is 13.2 Å². The second kappa shape index (κ2) is 10.5. The molecule has 0 radical (unpaired) electrons. The fourth-order valence-corrected chi connectivity index (χ4v) is 4.82. The lowest BCUT2D eigenvalue weighted by Crippen LogP contribution is -2.40. The Bertz CT molecular complexity index is 1120. The number of esters is 1. The molecule has 8 nitrogen and oxygen atoms in total. The summed E-state index contributed by atoms with van der Waals surface area (Å²) in [5, 5.41) is 7.73. The first-order chi connectivity index (χ1) is 17.2. The zero-order valence-electron chi connectivity index (χ0n) is 20.4. The number of alkyl halides is 3. The SMILES string of the molecule is CCc1nn(CCCOC(=O)c2cc(OC)cc(C(F)(F)F)c2)c2c1C(=O)NCC1(CCOCC1)C2. The van der Waals surface area contributed by atoms with Crippen molar-refractivity contribution >= 4 is 11.9 Å². The largest absolute Gasteiger partial charge is 0.497 e. The molecule has 1 N–H and O–H groups in total. The standard InChI is InChI=1S/C25H30F3N3O5/c1-3-19-21-20(14-24(15-29-22(21)32)5-9-35-10-6-24)31(30-19)7-4-8-36-23(33)16-11-17(25(26,27)28)13-18(12-16)34-2/h11-13H,3-10,14-15H2,1-2H3,(H,29,32). The normalized spacial score (nSPS) is 17.3. The maximum Gasteiger partial charge on any atom is 0.416 e. The third-order valence-electron chi connectivity index (χ3n) is 6.86. The van der Waals surface area contributed by atoms with Crippen molar-refractivity contribution in [1.29, 1.82) is 0 Å². The van der Waals surface area contributed by atoms with Gasteiger partial charge in [0.1, 0.15) is 5.75 Å². The summed E-state index contributed by atoms with van der Waals surface area (Å²) in [6.07, 6.45) is -1.25. The summed E-state index contributed by atoms with van der Waals surface area (Å²) in [5.74, 6) is -1.07. The molecule has 36 heavy (non-hydrogen) atoms. The van der Waals surface area contributed by atoms with E-state index >= 15 is 0 Å². The van der Waals surface area contributed by atoms with Gasteiger partial charge >= 0.3 is 12.1 Å². The Morgan fingerprint density at radius 2 is 2.00 bits per heavy atom. The molecule has 1 aromatic carbocycles. The number of methoxy groups -OCH3 is 1. The number of rotatable bonds is 7. The molecule has 1 saturated heterocycles. The zero-order valence-corrected chi connectivity index (χ0v) is 20.4. The van der Waals surface area contributed by atoms with E-state index in [-0.39, 0.29) is 29.2 Å². The molecule has 2 aliphatic heterocycles. The Kier molecular flexibility index (Phi) is 7.58. The van der Waals surface area contributed by atoms with Crippen molar-refractivity contribution in [3.8, 4) is 5.75 Å². The summed E-state index contributed by atoms with van der Waals surface area (Å²) < 4.78 is 56.9. The highest BCUT2D eigenvalue weighted by molar-refractivity contribution is 5.97. The number of aryl methyl sites for hydroxylation is 2. The van der Waals surface area contributed by atoms with Crippen LogP contribution in [-0.4, -0.2) is 55.1 Å². The van der Waals surface area contributed by atoms with Crippen LogP contribution in [0.2, 0.25) is 0 Å². The van der Waals surface area contributed by atoms with Crippen LogP contribution in [0.1, 0.15) is 63.9 Å². The molecule has 0 aliphatic carbocycles. The first-order valence-electron chi connectivity index (χ1n) is 12.0. The highest BCUT2D eigenvalue weighted by atomic mass is 19.4. The number of ether oxygens (including phenoxy) is 3. The van der Waals surface area contributed by atoms with Crippen LogP contribution in [0.4, 0.5) is 13.2 Å². The number of nitrogens with one attached hydrogen (secondary N) is 1. The number of carbonyl (C=O) groups is 2. The maximum absolute atomic E-state index is 13.1. The maximum atomic E-state index is 13.1. The summed E-state index contributed by atoms with van der Waals surface area (Å²) >= 11 is 0. The number of aromatic nitrogens is 2. The van der Waals surface area contributed by atoms with Crippen LogP contribution >= 0.6 is 0 Å². The van der Waals surface area contributed by atoms with Crippen LogP contribution in [0.3, 0.4) is 0 Å². The Morgan fingerprint density at radius 1 is 1.25 bits per heavy atom. The smallest absolute Gasteiger partial charge is 0.416 e. The lowest BCUT2D eigenvalue weighted by molar-refractivity contribution is -0.137. The van der Waals surface area contributed by atoms with E-state index in [9.17, 15) is 22.8 Å². The van der Waals surface area contributed by atoms with Crippen LogP contribution in [0.15, 0.2) is 18.2 Å². The number of fused-ring (bicyclic) bond motifs is 1. The van der Waals surface area contributed by atoms with Crippen molar-refractivity contribution < 1.29 is 37.0 Å². The molecular weight excluding hydrogens is 479 g/mol. The Morgan fingerprint density at radius 3 is 2.67 bits per heavy atom. The number of halogens is 3. The minimum absolute atomic E-state index is 0.0152. The molecule has 1 amide bonds. The van der Waals surface area contributed by atoms with Crippen LogP contribution in [-0.2, 0) is 35.0 Å². The van der Waals surface area contributed by atoms with E-state index < -0.39 is 17.7 Å². The molecule has 196 valence electrons. The van der Waals surface area contributed by atoms with Gasteiger partial charge in [0, 0.05) is 32.7 Å². The molecule has 11 heteroatoms. The number of carbonyl (C=O) groups excluding carboxylic acids is 2. The second-order valence-electron chi connectivity index (χ2n) is 9.25. The molecule has 2 aliphatic rings. The molecule has 1 aromatic heterocycles. The van der Waals surface area contributed by atoms with Gasteiger partial charge in [0.15, 0.2) is 0 Å². The summed E-state index contributed by atoms with van der Waals surface area (Å²) in [7, 11) is 1.23. The third kappa shape index (κ3) is 5.50. The fourth-order valence-electron chi connectivity index (χ4n) is 4.82. The Hall–Kier alpha value is -3.08. The van der Waals surface area contributed by atoms with Crippen LogP contribution in [0.25, 0.3) is 0 Å². The van der Waals surface area contributed by atoms with Gasteiger partial charge in [-0.3, -0.25) is 9.48 Å². The van der Waals surface area contributed by atoms with Crippen LogP contribution in [0, 0.1) is 5.41 Å². The molecule has 0 unspecified atom stereocenters. The van der Waals surface area contributed by atoms with Crippen molar-refractivity contribution in [2.75, 3.05) is 33.5 Å². The van der Waals surface area contributed by atoms with Gasteiger partial charge in [0.2, 0.25) is 0 Å². The molecule has 3 heterocycles. The van der Waals surface area contributed by atoms with Gasteiger partial charge in [0.05, 0.1) is 41.8 Å². The van der Waals surface area contributed by atoms with E-state index in [1.807, 2.05) is 11.6 Å². The first-order valence-corrected chi connectivity index (χ1v) is 12.0. The number of nitrogens with zero attached hydrogens (tertiary/aromatic N) is 2. The van der Waals surface area contributed by atoms with Crippen molar-refractivity contribution in [1.82, 2.24) is 15.1 Å². The van der Waals surface area contributed by atoms with Crippen molar-refractivity contribution in [2.45, 2.75) is 51.7 Å². The monoisotopic (exact) mass is 509 g/mol. The molecular formula is C25H30F3N3O5. The number of amides is 1. The van der Waals surface area contributed by atoms with Gasteiger partial charge < -0.3 is 19.5 Å².